The van der Waals surface area contributed by atoms with E-state index in [1.807, 2.05) is 0 Å². The molecule has 5 nitrogen and oxygen atoms in total. The van der Waals surface area contributed by atoms with Crippen LogP contribution >= 0.6 is 11.3 Å². The maximum atomic E-state index is 12.5. The van der Waals surface area contributed by atoms with Gasteiger partial charge in [0.2, 0.25) is 11.8 Å². The minimum absolute atomic E-state index is 0.0210. The van der Waals surface area contributed by atoms with Crippen LogP contribution in [0.2, 0.25) is 0 Å². The van der Waals surface area contributed by atoms with Crippen molar-refractivity contribution in [2.75, 3.05) is 5.32 Å². The molecule has 2 rings (SSSR count). The number of benzene rings is 1. The van der Waals surface area contributed by atoms with Gasteiger partial charge in [-0.15, -0.1) is 11.3 Å². The standard InChI is InChI=1S/C16H14F3N3O2S/c1-9(10-2-4-11(5-3-10)16(17,18)19)6-14(24)22-15-21-12(8-25-15)7-13(20)23/h2-6,8H,7H2,1H3,(H2,20,23)(H,21,22,24)/b9-6+. The third kappa shape index (κ3) is 5.42. The van der Waals surface area contributed by atoms with Crippen LogP contribution in [0.5, 0.6) is 0 Å². The second-order valence-corrected chi connectivity index (χ2v) is 6.04. The molecule has 0 aliphatic heterocycles. The molecule has 0 aliphatic rings. The molecule has 3 N–H and O–H groups in total. The fraction of sp³-hybridized carbons (Fsp3) is 0.188. The van der Waals surface area contributed by atoms with Crippen LogP contribution < -0.4 is 11.1 Å². The van der Waals surface area contributed by atoms with Gasteiger partial charge >= 0.3 is 6.18 Å². The number of halogens is 3. The fourth-order valence-corrected chi connectivity index (χ4v) is 2.68. The molecule has 9 heteroatoms. The number of hydrogen-bond acceptors (Lipinski definition) is 4. The van der Waals surface area contributed by atoms with E-state index >= 15 is 0 Å². The second kappa shape index (κ2) is 7.47. The highest BCUT2D eigenvalue weighted by Gasteiger charge is 2.29. The number of carbonyl (C=O) groups excluding carboxylic acids is 2. The summed E-state index contributed by atoms with van der Waals surface area (Å²) in [6, 6.07) is 4.52. The Kier molecular flexibility index (Phi) is 5.58. The highest BCUT2D eigenvalue weighted by Crippen LogP contribution is 2.30. The van der Waals surface area contributed by atoms with Gasteiger partial charge < -0.3 is 5.73 Å². The number of anilines is 1. The van der Waals surface area contributed by atoms with Crippen LogP contribution in [0.4, 0.5) is 18.3 Å². The van der Waals surface area contributed by atoms with Crippen LogP contribution in [0.1, 0.15) is 23.7 Å². The van der Waals surface area contributed by atoms with Gasteiger partial charge in [0.1, 0.15) is 0 Å². The molecule has 0 atom stereocenters. The summed E-state index contributed by atoms with van der Waals surface area (Å²) in [6.45, 7) is 1.61. The lowest BCUT2D eigenvalue weighted by Crippen LogP contribution is -2.14. The van der Waals surface area contributed by atoms with Crippen molar-refractivity contribution < 1.29 is 22.8 Å². The first-order valence-corrected chi connectivity index (χ1v) is 7.93. The number of rotatable bonds is 5. The normalized spacial score (nSPS) is 12.1. The maximum Gasteiger partial charge on any atom is 0.416 e. The number of primary amides is 1. The SMILES string of the molecule is C/C(=C\C(=O)Nc1nc(CC(N)=O)cs1)c1ccc(C(F)(F)F)cc1. The molecule has 0 fully saturated rings. The number of allylic oxidation sites excluding steroid dienone is 1. The van der Waals surface area contributed by atoms with E-state index in [1.54, 1.807) is 12.3 Å². The molecule has 25 heavy (non-hydrogen) atoms. The van der Waals surface area contributed by atoms with Gasteiger partial charge in [0.15, 0.2) is 5.13 Å². The van der Waals surface area contributed by atoms with Crippen molar-refractivity contribution in [2.45, 2.75) is 19.5 Å². The van der Waals surface area contributed by atoms with E-state index in [4.69, 9.17) is 5.73 Å². The Balaban J connectivity index is 2.04. The summed E-state index contributed by atoms with van der Waals surface area (Å²) in [5.41, 5.74) is 5.76. The highest BCUT2D eigenvalue weighted by molar-refractivity contribution is 7.14. The fourth-order valence-electron chi connectivity index (χ4n) is 1.97. The Labute approximate surface area is 145 Å². The van der Waals surface area contributed by atoms with Crippen LogP contribution in [0, 0.1) is 0 Å². The first-order valence-electron chi connectivity index (χ1n) is 7.05. The molecule has 0 unspecified atom stereocenters. The lowest BCUT2D eigenvalue weighted by Gasteiger charge is -2.08. The molecular formula is C16H14F3N3O2S. The highest BCUT2D eigenvalue weighted by atomic mass is 32.1. The molecule has 0 spiro atoms. The van der Waals surface area contributed by atoms with Crippen LogP contribution in [-0.4, -0.2) is 16.8 Å². The molecule has 0 bridgehead atoms. The Morgan fingerprint density at radius 1 is 1.28 bits per heavy atom. The average molecular weight is 369 g/mol. The summed E-state index contributed by atoms with van der Waals surface area (Å²) in [7, 11) is 0. The summed E-state index contributed by atoms with van der Waals surface area (Å²) >= 11 is 1.14. The number of aromatic nitrogens is 1. The van der Waals surface area contributed by atoms with E-state index in [1.165, 1.54) is 18.2 Å². The molecule has 2 aromatic rings. The molecule has 0 aliphatic carbocycles. The minimum Gasteiger partial charge on any atom is -0.369 e. The first-order chi connectivity index (χ1) is 11.6. The number of nitrogens with one attached hydrogen (secondary N) is 1. The topological polar surface area (TPSA) is 85.1 Å². The number of hydrogen-bond donors (Lipinski definition) is 2. The summed E-state index contributed by atoms with van der Waals surface area (Å²) in [5, 5.41) is 4.44. The zero-order chi connectivity index (χ0) is 18.6. The minimum atomic E-state index is -4.40. The Morgan fingerprint density at radius 2 is 1.92 bits per heavy atom. The average Bonchev–Trinajstić information content (AvgIpc) is 2.92. The first kappa shape index (κ1) is 18.7. The number of nitrogens with two attached hydrogens (primary N) is 1. The van der Waals surface area contributed by atoms with Crippen LogP contribution in [0.15, 0.2) is 35.7 Å². The second-order valence-electron chi connectivity index (χ2n) is 5.18. The number of nitrogens with zero attached hydrogens (tertiary/aromatic N) is 1. The Morgan fingerprint density at radius 3 is 2.48 bits per heavy atom. The number of thiazole rings is 1. The summed E-state index contributed by atoms with van der Waals surface area (Å²) in [5.74, 6) is -1.00. The van der Waals surface area contributed by atoms with Gasteiger partial charge in [-0.1, -0.05) is 12.1 Å². The van der Waals surface area contributed by atoms with Gasteiger partial charge in [0, 0.05) is 11.5 Å². The van der Waals surface area contributed by atoms with Crippen LogP contribution in [0.25, 0.3) is 5.57 Å². The van der Waals surface area contributed by atoms with Gasteiger partial charge in [0.05, 0.1) is 17.7 Å². The van der Waals surface area contributed by atoms with Crippen molar-refractivity contribution in [1.82, 2.24) is 4.98 Å². The van der Waals surface area contributed by atoms with Crippen molar-refractivity contribution in [1.29, 1.82) is 0 Å². The Bertz CT molecular complexity index is 811. The molecule has 132 valence electrons. The lowest BCUT2D eigenvalue weighted by molar-refractivity contribution is -0.137. The predicted octanol–water partition coefficient (Wildman–Crippen LogP) is 3.23. The summed E-state index contributed by atoms with van der Waals surface area (Å²) in [4.78, 5) is 26.8. The van der Waals surface area contributed by atoms with Crippen LogP contribution in [-0.2, 0) is 22.2 Å². The maximum absolute atomic E-state index is 12.5. The smallest absolute Gasteiger partial charge is 0.369 e. The number of amides is 2. The quantitative estimate of drug-likeness (QED) is 0.794. The van der Waals surface area contributed by atoms with Gasteiger partial charge in [-0.3, -0.25) is 14.9 Å². The monoisotopic (exact) mass is 369 g/mol. The van der Waals surface area contributed by atoms with Gasteiger partial charge in [-0.25, -0.2) is 4.98 Å². The van der Waals surface area contributed by atoms with E-state index in [2.05, 4.69) is 10.3 Å². The third-order valence-corrected chi connectivity index (χ3v) is 3.96. The lowest BCUT2D eigenvalue weighted by atomic mass is 10.0. The van der Waals surface area contributed by atoms with Gasteiger partial charge in [-0.05, 0) is 30.2 Å². The summed E-state index contributed by atoms with van der Waals surface area (Å²) in [6.07, 6.45) is -3.16. The van der Waals surface area contributed by atoms with E-state index < -0.39 is 23.6 Å². The molecule has 0 radical (unpaired) electrons. The molecule has 1 aromatic carbocycles. The molecular weight excluding hydrogens is 355 g/mol. The van der Waals surface area contributed by atoms with E-state index in [9.17, 15) is 22.8 Å². The predicted molar refractivity (Wildman–Crippen MR) is 88.7 cm³/mol. The molecule has 1 aromatic heterocycles. The van der Waals surface area contributed by atoms with E-state index in [0.29, 0.717) is 22.0 Å². The largest absolute Gasteiger partial charge is 0.416 e. The summed E-state index contributed by atoms with van der Waals surface area (Å²) < 4.78 is 37.6. The number of alkyl halides is 3. The van der Waals surface area contributed by atoms with Gasteiger partial charge in [-0.2, -0.15) is 13.2 Å². The molecule has 0 saturated carbocycles. The van der Waals surface area contributed by atoms with Gasteiger partial charge in [0.25, 0.3) is 0 Å². The molecule has 0 saturated heterocycles. The zero-order valence-electron chi connectivity index (χ0n) is 13.1. The van der Waals surface area contributed by atoms with E-state index in [-0.39, 0.29) is 6.42 Å². The zero-order valence-corrected chi connectivity index (χ0v) is 13.9. The van der Waals surface area contributed by atoms with E-state index in [0.717, 1.165) is 23.5 Å². The van der Waals surface area contributed by atoms with Crippen molar-refractivity contribution in [2.24, 2.45) is 5.73 Å². The molecule has 2 amide bonds. The van der Waals surface area contributed by atoms with Crippen molar-refractivity contribution in [3.8, 4) is 0 Å². The van der Waals surface area contributed by atoms with Crippen molar-refractivity contribution in [3.63, 3.8) is 0 Å². The van der Waals surface area contributed by atoms with Crippen molar-refractivity contribution in [3.05, 3.63) is 52.5 Å². The molecule has 1 heterocycles. The number of carbonyl (C=O) groups is 2. The van der Waals surface area contributed by atoms with Crippen LogP contribution in [0.3, 0.4) is 0 Å². The third-order valence-electron chi connectivity index (χ3n) is 3.15. The van der Waals surface area contributed by atoms with Crippen molar-refractivity contribution >= 4 is 33.9 Å². The Hall–Kier alpha value is -2.68.